The number of aliphatic hydroxyl groups is 1. The SMILES string of the molecule is Cc1cc2n(C[C@@H](O)COc3ccc4ccccc4c3)c(C)cc(=O)n2n1. The van der Waals surface area contributed by atoms with Crippen LogP contribution in [-0.2, 0) is 6.54 Å². The topological polar surface area (TPSA) is 68.8 Å². The lowest BCUT2D eigenvalue weighted by Gasteiger charge is -2.17. The third-order valence-corrected chi connectivity index (χ3v) is 4.61. The number of hydrogen-bond acceptors (Lipinski definition) is 4. The smallest absolute Gasteiger partial charge is 0.274 e. The van der Waals surface area contributed by atoms with Crippen LogP contribution in [0, 0.1) is 13.8 Å². The van der Waals surface area contributed by atoms with Crippen LogP contribution in [0.1, 0.15) is 11.4 Å². The molecule has 0 spiro atoms. The van der Waals surface area contributed by atoms with Crippen molar-refractivity contribution in [2.24, 2.45) is 0 Å². The van der Waals surface area contributed by atoms with E-state index in [0.717, 1.165) is 27.9 Å². The van der Waals surface area contributed by atoms with E-state index in [-0.39, 0.29) is 12.2 Å². The Morgan fingerprint density at radius 2 is 1.85 bits per heavy atom. The van der Waals surface area contributed by atoms with E-state index in [2.05, 4.69) is 5.10 Å². The number of ether oxygens (including phenoxy) is 1. The molecule has 4 aromatic rings. The van der Waals surface area contributed by atoms with Gasteiger partial charge in [0.25, 0.3) is 5.56 Å². The number of fused-ring (bicyclic) bond motifs is 2. The summed E-state index contributed by atoms with van der Waals surface area (Å²) in [7, 11) is 0. The molecule has 6 nitrogen and oxygen atoms in total. The summed E-state index contributed by atoms with van der Waals surface area (Å²) in [6.07, 6.45) is -0.725. The summed E-state index contributed by atoms with van der Waals surface area (Å²) in [4.78, 5) is 12.1. The normalized spacial score (nSPS) is 12.6. The third-order valence-electron chi connectivity index (χ3n) is 4.61. The number of benzene rings is 2. The van der Waals surface area contributed by atoms with Crippen molar-refractivity contribution < 1.29 is 9.84 Å². The first kappa shape index (κ1) is 17.3. The van der Waals surface area contributed by atoms with E-state index in [1.165, 1.54) is 10.6 Å². The van der Waals surface area contributed by atoms with Gasteiger partial charge in [-0.05, 0) is 36.8 Å². The minimum atomic E-state index is -0.725. The summed E-state index contributed by atoms with van der Waals surface area (Å²) in [5.41, 5.74) is 2.03. The quantitative estimate of drug-likeness (QED) is 0.592. The van der Waals surface area contributed by atoms with E-state index in [1.54, 1.807) is 0 Å². The zero-order chi connectivity index (χ0) is 19.0. The predicted molar refractivity (Wildman–Crippen MR) is 104 cm³/mol. The monoisotopic (exact) mass is 363 g/mol. The van der Waals surface area contributed by atoms with Gasteiger partial charge in [-0.1, -0.05) is 30.3 Å². The molecule has 1 atom stereocenters. The van der Waals surface area contributed by atoms with Crippen LogP contribution in [-0.4, -0.2) is 32.0 Å². The average molecular weight is 363 g/mol. The largest absolute Gasteiger partial charge is 0.491 e. The maximum atomic E-state index is 12.1. The third kappa shape index (κ3) is 3.44. The molecule has 4 rings (SSSR count). The molecule has 138 valence electrons. The van der Waals surface area contributed by atoms with Crippen molar-refractivity contribution >= 4 is 16.4 Å². The number of aromatic nitrogens is 3. The molecule has 0 unspecified atom stereocenters. The Bertz CT molecular complexity index is 1180. The average Bonchev–Trinajstić information content (AvgIpc) is 3.05. The van der Waals surface area contributed by atoms with Crippen LogP contribution >= 0.6 is 0 Å². The Morgan fingerprint density at radius 1 is 1.07 bits per heavy atom. The molecule has 0 aliphatic rings. The summed E-state index contributed by atoms with van der Waals surface area (Å²) in [5, 5.41) is 16.9. The fourth-order valence-corrected chi connectivity index (χ4v) is 3.29. The van der Waals surface area contributed by atoms with Gasteiger partial charge in [0.05, 0.1) is 12.2 Å². The molecule has 0 saturated heterocycles. The molecule has 2 heterocycles. The molecule has 27 heavy (non-hydrogen) atoms. The van der Waals surface area contributed by atoms with E-state index in [4.69, 9.17) is 4.74 Å². The minimum Gasteiger partial charge on any atom is -0.491 e. The molecule has 0 saturated carbocycles. The van der Waals surface area contributed by atoms with Gasteiger partial charge in [0, 0.05) is 17.8 Å². The number of nitrogens with zero attached hydrogens (tertiary/aromatic N) is 3. The number of aliphatic hydroxyl groups excluding tert-OH is 1. The van der Waals surface area contributed by atoms with Gasteiger partial charge >= 0.3 is 0 Å². The van der Waals surface area contributed by atoms with E-state index in [9.17, 15) is 9.90 Å². The molecule has 0 aliphatic carbocycles. The standard InChI is InChI=1S/C21H21N3O3/c1-14-9-20-23(15(2)10-21(26)24(20)22-14)12-18(25)13-27-19-8-7-16-5-3-4-6-17(16)11-19/h3-11,18,25H,12-13H2,1-2H3/t18-/m1/s1. The van der Waals surface area contributed by atoms with Crippen LogP contribution in [0.25, 0.3) is 16.4 Å². The molecular weight excluding hydrogens is 342 g/mol. The van der Waals surface area contributed by atoms with Crippen molar-refractivity contribution in [2.45, 2.75) is 26.5 Å². The van der Waals surface area contributed by atoms with Crippen molar-refractivity contribution in [3.63, 3.8) is 0 Å². The van der Waals surface area contributed by atoms with Crippen LogP contribution in [0.15, 0.2) is 59.4 Å². The van der Waals surface area contributed by atoms with Crippen molar-refractivity contribution in [1.82, 2.24) is 14.2 Å². The summed E-state index contributed by atoms with van der Waals surface area (Å²) >= 11 is 0. The molecule has 0 fully saturated rings. The first-order valence-electron chi connectivity index (χ1n) is 8.88. The Kier molecular flexibility index (Phi) is 4.41. The van der Waals surface area contributed by atoms with Crippen LogP contribution in [0.4, 0.5) is 0 Å². The first-order valence-corrected chi connectivity index (χ1v) is 8.88. The second-order valence-corrected chi connectivity index (χ2v) is 6.76. The molecule has 2 aromatic carbocycles. The molecule has 0 radical (unpaired) electrons. The fourth-order valence-electron chi connectivity index (χ4n) is 3.29. The van der Waals surface area contributed by atoms with Gasteiger partial charge in [-0.15, -0.1) is 0 Å². The van der Waals surface area contributed by atoms with Crippen molar-refractivity contribution in [2.75, 3.05) is 6.61 Å². The molecular formula is C21H21N3O3. The second kappa shape index (κ2) is 6.89. The van der Waals surface area contributed by atoms with Crippen molar-refractivity contribution in [3.05, 3.63) is 76.3 Å². The number of hydrogen-bond donors (Lipinski definition) is 1. The maximum absolute atomic E-state index is 12.1. The van der Waals surface area contributed by atoms with Gasteiger partial charge < -0.3 is 14.4 Å². The fraction of sp³-hybridized carbons (Fsp3) is 0.238. The Morgan fingerprint density at radius 3 is 2.67 bits per heavy atom. The highest BCUT2D eigenvalue weighted by molar-refractivity contribution is 5.83. The molecule has 0 bridgehead atoms. The van der Waals surface area contributed by atoms with E-state index < -0.39 is 6.10 Å². The summed E-state index contributed by atoms with van der Waals surface area (Å²) in [5.74, 6) is 0.717. The molecule has 0 aliphatic heterocycles. The molecule has 0 amide bonds. The molecule has 2 aromatic heterocycles. The lowest BCUT2D eigenvalue weighted by Crippen LogP contribution is -2.27. The van der Waals surface area contributed by atoms with Gasteiger partial charge in [0.15, 0.2) is 0 Å². The van der Waals surface area contributed by atoms with Crippen LogP contribution in [0.5, 0.6) is 5.75 Å². The van der Waals surface area contributed by atoms with Crippen molar-refractivity contribution in [3.8, 4) is 5.75 Å². The maximum Gasteiger partial charge on any atom is 0.274 e. The van der Waals surface area contributed by atoms with Crippen LogP contribution in [0.2, 0.25) is 0 Å². The van der Waals surface area contributed by atoms with E-state index >= 15 is 0 Å². The second-order valence-electron chi connectivity index (χ2n) is 6.76. The summed E-state index contributed by atoms with van der Waals surface area (Å²) in [6, 6.07) is 17.3. The predicted octanol–water partition coefficient (Wildman–Crippen LogP) is 2.71. The lowest BCUT2D eigenvalue weighted by molar-refractivity contribution is 0.0927. The van der Waals surface area contributed by atoms with Gasteiger partial charge in [0.1, 0.15) is 24.1 Å². The lowest BCUT2D eigenvalue weighted by atomic mass is 10.1. The van der Waals surface area contributed by atoms with Crippen molar-refractivity contribution in [1.29, 1.82) is 0 Å². The minimum absolute atomic E-state index is 0.156. The van der Waals surface area contributed by atoms with Crippen LogP contribution in [0.3, 0.4) is 0 Å². The zero-order valence-electron chi connectivity index (χ0n) is 15.3. The Hall–Kier alpha value is -3.12. The summed E-state index contributed by atoms with van der Waals surface area (Å²) < 4.78 is 9.03. The number of rotatable bonds is 5. The number of aryl methyl sites for hydroxylation is 2. The van der Waals surface area contributed by atoms with E-state index in [1.807, 2.05) is 66.9 Å². The Labute approximate surface area is 156 Å². The molecule has 6 heteroatoms. The Balaban J connectivity index is 1.51. The molecule has 1 N–H and O–H groups in total. The van der Waals surface area contributed by atoms with E-state index in [0.29, 0.717) is 12.2 Å². The van der Waals surface area contributed by atoms with Crippen LogP contribution < -0.4 is 10.3 Å². The summed E-state index contributed by atoms with van der Waals surface area (Å²) in [6.45, 7) is 4.16. The van der Waals surface area contributed by atoms with Gasteiger partial charge in [-0.2, -0.15) is 9.61 Å². The van der Waals surface area contributed by atoms with Gasteiger partial charge in [0.2, 0.25) is 0 Å². The highest BCUT2D eigenvalue weighted by atomic mass is 16.5. The van der Waals surface area contributed by atoms with Gasteiger partial charge in [-0.25, -0.2) is 0 Å². The first-order chi connectivity index (χ1) is 13.0. The zero-order valence-corrected chi connectivity index (χ0v) is 15.3. The van der Waals surface area contributed by atoms with Gasteiger partial charge in [-0.3, -0.25) is 4.79 Å². The highest BCUT2D eigenvalue weighted by Crippen LogP contribution is 2.20. The highest BCUT2D eigenvalue weighted by Gasteiger charge is 2.13.